The van der Waals surface area contributed by atoms with Crippen LogP contribution >= 0.6 is 0 Å². The molecule has 0 radical (unpaired) electrons. The fourth-order valence-electron chi connectivity index (χ4n) is 2.65. The zero-order valence-electron chi connectivity index (χ0n) is 11.9. The summed E-state index contributed by atoms with van der Waals surface area (Å²) in [5.74, 6) is 2.88. The number of hydrogen-bond acceptors (Lipinski definition) is 3. The summed E-state index contributed by atoms with van der Waals surface area (Å²) < 4.78 is 5.81. The summed E-state index contributed by atoms with van der Waals surface area (Å²) in [6.45, 7) is 8.57. The molecule has 102 valence electrons. The highest BCUT2D eigenvalue weighted by molar-refractivity contribution is 5.12. The van der Waals surface area contributed by atoms with Crippen LogP contribution in [0.25, 0.3) is 0 Å². The Morgan fingerprint density at radius 2 is 2.17 bits per heavy atom. The number of furan rings is 1. The van der Waals surface area contributed by atoms with E-state index in [4.69, 9.17) is 10.2 Å². The number of aryl methyl sites for hydroxylation is 1. The van der Waals surface area contributed by atoms with Gasteiger partial charge in [-0.25, -0.2) is 0 Å². The van der Waals surface area contributed by atoms with Gasteiger partial charge >= 0.3 is 0 Å². The largest absolute Gasteiger partial charge is 0.465 e. The molecule has 1 aliphatic carbocycles. The molecule has 0 bridgehead atoms. The first-order chi connectivity index (χ1) is 8.61. The van der Waals surface area contributed by atoms with Gasteiger partial charge in [0.05, 0.1) is 6.04 Å². The van der Waals surface area contributed by atoms with Gasteiger partial charge in [0.1, 0.15) is 11.5 Å². The summed E-state index contributed by atoms with van der Waals surface area (Å²) in [7, 11) is 0. The maximum atomic E-state index is 6.20. The predicted octanol–water partition coefficient (Wildman–Crippen LogP) is 3.10. The van der Waals surface area contributed by atoms with Crippen molar-refractivity contribution >= 4 is 0 Å². The van der Waals surface area contributed by atoms with Gasteiger partial charge in [-0.3, -0.25) is 4.90 Å². The predicted molar refractivity (Wildman–Crippen MR) is 74.4 cm³/mol. The lowest BCUT2D eigenvalue weighted by Crippen LogP contribution is -2.40. The lowest BCUT2D eigenvalue weighted by molar-refractivity contribution is 0.147. The van der Waals surface area contributed by atoms with Gasteiger partial charge in [0.2, 0.25) is 0 Å². The highest BCUT2D eigenvalue weighted by Gasteiger charge is 2.31. The van der Waals surface area contributed by atoms with E-state index in [-0.39, 0.29) is 12.1 Å². The van der Waals surface area contributed by atoms with Gasteiger partial charge in [0, 0.05) is 12.6 Å². The van der Waals surface area contributed by atoms with E-state index in [9.17, 15) is 0 Å². The molecule has 3 nitrogen and oxygen atoms in total. The minimum Gasteiger partial charge on any atom is -0.465 e. The topological polar surface area (TPSA) is 42.4 Å². The second kappa shape index (κ2) is 5.89. The molecule has 0 saturated heterocycles. The first-order valence-electron chi connectivity index (χ1n) is 7.17. The second-order valence-corrected chi connectivity index (χ2v) is 5.69. The number of nitrogens with two attached hydrogens (primary N) is 1. The van der Waals surface area contributed by atoms with Gasteiger partial charge in [-0.2, -0.15) is 0 Å². The molecule has 0 aromatic carbocycles. The normalized spacial score (nSPS) is 19.2. The molecule has 1 fully saturated rings. The van der Waals surface area contributed by atoms with Crippen molar-refractivity contribution in [2.24, 2.45) is 11.7 Å². The lowest BCUT2D eigenvalue weighted by atomic mass is 10.1. The van der Waals surface area contributed by atoms with Crippen LogP contribution in [0.4, 0.5) is 0 Å². The van der Waals surface area contributed by atoms with E-state index < -0.39 is 0 Å². The van der Waals surface area contributed by atoms with Crippen molar-refractivity contribution in [3.05, 3.63) is 23.7 Å². The summed E-state index contributed by atoms with van der Waals surface area (Å²) >= 11 is 0. The molecule has 2 rings (SSSR count). The van der Waals surface area contributed by atoms with Crippen molar-refractivity contribution < 1.29 is 4.42 Å². The van der Waals surface area contributed by atoms with Crippen molar-refractivity contribution in [2.45, 2.75) is 52.1 Å². The van der Waals surface area contributed by atoms with Crippen LogP contribution in [-0.2, 0) is 0 Å². The van der Waals surface area contributed by atoms with E-state index in [0.29, 0.717) is 0 Å². The molecule has 0 aliphatic heterocycles. The molecule has 3 heteroatoms. The molecular weight excluding hydrogens is 224 g/mol. The Hall–Kier alpha value is -0.800. The fraction of sp³-hybridized carbons (Fsp3) is 0.733. The third kappa shape index (κ3) is 3.36. The van der Waals surface area contributed by atoms with Crippen LogP contribution in [0, 0.1) is 12.8 Å². The Labute approximate surface area is 110 Å². The van der Waals surface area contributed by atoms with Crippen LogP contribution in [0.5, 0.6) is 0 Å². The van der Waals surface area contributed by atoms with Crippen LogP contribution < -0.4 is 5.73 Å². The highest BCUT2D eigenvalue weighted by atomic mass is 16.3. The van der Waals surface area contributed by atoms with Gasteiger partial charge in [0.15, 0.2) is 0 Å². The monoisotopic (exact) mass is 250 g/mol. The zero-order chi connectivity index (χ0) is 13.1. The molecule has 1 aliphatic rings. The fourth-order valence-corrected chi connectivity index (χ4v) is 2.65. The van der Waals surface area contributed by atoms with Gasteiger partial charge in [-0.05, 0) is 57.7 Å². The summed E-state index contributed by atoms with van der Waals surface area (Å²) in [4.78, 5) is 2.51. The summed E-state index contributed by atoms with van der Waals surface area (Å²) in [5.41, 5.74) is 6.20. The van der Waals surface area contributed by atoms with Crippen LogP contribution in [0.2, 0.25) is 0 Å². The molecule has 1 saturated carbocycles. The van der Waals surface area contributed by atoms with E-state index in [1.807, 2.05) is 13.0 Å². The van der Waals surface area contributed by atoms with E-state index in [1.54, 1.807) is 0 Å². The quantitative estimate of drug-likeness (QED) is 0.808. The Bertz CT molecular complexity index is 368. The van der Waals surface area contributed by atoms with Gasteiger partial charge in [-0.15, -0.1) is 0 Å². The molecule has 0 amide bonds. The van der Waals surface area contributed by atoms with Gasteiger partial charge in [-0.1, -0.05) is 6.92 Å². The molecule has 0 spiro atoms. The summed E-state index contributed by atoms with van der Waals surface area (Å²) in [5, 5.41) is 0. The zero-order valence-corrected chi connectivity index (χ0v) is 11.9. The molecule has 1 aromatic heterocycles. The molecule has 2 unspecified atom stereocenters. The minimum atomic E-state index is 0.0980. The van der Waals surface area contributed by atoms with Crippen molar-refractivity contribution in [3.8, 4) is 0 Å². The third-order valence-electron chi connectivity index (χ3n) is 3.64. The summed E-state index contributed by atoms with van der Waals surface area (Å²) in [6, 6.07) is 4.44. The second-order valence-electron chi connectivity index (χ2n) is 5.69. The van der Waals surface area contributed by atoms with E-state index in [0.717, 1.165) is 30.4 Å². The number of nitrogens with zero attached hydrogens (tertiary/aromatic N) is 1. The standard InChI is InChI=1S/C15H26N2O/c1-4-9-17(10-13-6-7-13)15(12(3)16)14-8-5-11(2)18-14/h5,8,12-13,15H,4,6-7,9-10,16H2,1-3H3. The van der Waals surface area contributed by atoms with Crippen molar-refractivity contribution in [1.82, 2.24) is 4.90 Å². The van der Waals surface area contributed by atoms with Crippen LogP contribution in [0.15, 0.2) is 16.5 Å². The molecule has 1 heterocycles. The number of rotatable bonds is 7. The third-order valence-corrected chi connectivity index (χ3v) is 3.64. The minimum absolute atomic E-state index is 0.0980. The van der Waals surface area contributed by atoms with Gasteiger partial charge < -0.3 is 10.2 Å². The first-order valence-corrected chi connectivity index (χ1v) is 7.17. The Balaban J connectivity index is 2.14. The number of hydrogen-bond donors (Lipinski definition) is 1. The lowest BCUT2D eigenvalue weighted by Gasteiger charge is -2.32. The molecular formula is C15H26N2O. The Kier molecular flexibility index (Phi) is 4.46. The smallest absolute Gasteiger partial charge is 0.122 e. The van der Waals surface area contributed by atoms with Crippen LogP contribution in [0.3, 0.4) is 0 Å². The average Bonchev–Trinajstić information content (AvgIpc) is 3.01. The van der Waals surface area contributed by atoms with Gasteiger partial charge in [0.25, 0.3) is 0 Å². The molecule has 1 aromatic rings. The van der Waals surface area contributed by atoms with E-state index in [1.165, 1.54) is 19.4 Å². The SMILES string of the molecule is CCCN(CC1CC1)C(c1ccc(C)o1)C(C)N. The van der Waals surface area contributed by atoms with Crippen molar-refractivity contribution in [3.63, 3.8) is 0 Å². The maximum absolute atomic E-state index is 6.20. The highest BCUT2D eigenvalue weighted by Crippen LogP contribution is 2.34. The van der Waals surface area contributed by atoms with E-state index in [2.05, 4.69) is 24.8 Å². The van der Waals surface area contributed by atoms with Crippen molar-refractivity contribution in [2.75, 3.05) is 13.1 Å². The van der Waals surface area contributed by atoms with Crippen LogP contribution in [0.1, 0.15) is 50.7 Å². The average molecular weight is 250 g/mol. The molecule has 2 atom stereocenters. The Morgan fingerprint density at radius 1 is 1.44 bits per heavy atom. The molecule has 18 heavy (non-hydrogen) atoms. The van der Waals surface area contributed by atoms with E-state index >= 15 is 0 Å². The Morgan fingerprint density at radius 3 is 2.61 bits per heavy atom. The summed E-state index contributed by atoms with van der Waals surface area (Å²) in [6.07, 6.45) is 3.92. The maximum Gasteiger partial charge on any atom is 0.122 e. The van der Waals surface area contributed by atoms with Crippen molar-refractivity contribution in [1.29, 1.82) is 0 Å². The molecule has 2 N–H and O–H groups in total. The van der Waals surface area contributed by atoms with Crippen LogP contribution in [-0.4, -0.2) is 24.0 Å². The first kappa shape index (κ1) is 13.6.